The van der Waals surface area contributed by atoms with Crippen LogP contribution < -0.4 is 0 Å². The second-order valence-corrected chi connectivity index (χ2v) is 5.56. The summed E-state index contributed by atoms with van der Waals surface area (Å²) in [4.78, 5) is 0. The zero-order valence-electron chi connectivity index (χ0n) is 12.8. The van der Waals surface area contributed by atoms with Crippen LogP contribution in [-0.4, -0.2) is 0 Å². The maximum Gasteiger partial charge on any atom is -0.0239 e. The molecule has 0 saturated heterocycles. The Morgan fingerprint density at radius 1 is 1.22 bits per heavy atom. The van der Waals surface area contributed by atoms with E-state index < -0.39 is 0 Å². The van der Waals surface area contributed by atoms with E-state index in [-0.39, 0.29) is 0 Å². The minimum atomic E-state index is 0.879. The van der Waals surface area contributed by atoms with Crippen LogP contribution in [0, 0.1) is 5.92 Å². The van der Waals surface area contributed by atoms with Gasteiger partial charge in [0.1, 0.15) is 0 Å². The van der Waals surface area contributed by atoms with E-state index in [0.717, 1.165) is 12.3 Å². The highest BCUT2D eigenvalue weighted by Crippen LogP contribution is 2.36. The zero-order chi connectivity index (χ0) is 13.4. The van der Waals surface area contributed by atoms with E-state index in [1.807, 2.05) is 0 Å². The first-order valence-electron chi connectivity index (χ1n) is 7.77. The number of rotatable bonds is 8. The van der Waals surface area contributed by atoms with Crippen LogP contribution in [0.15, 0.2) is 34.9 Å². The third-order valence-electron chi connectivity index (χ3n) is 3.85. The Morgan fingerprint density at radius 2 is 1.94 bits per heavy atom. The van der Waals surface area contributed by atoms with Crippen LogP contribution >= 0.6 is 0 Å². The Morgan fingerprint density at radius 3 is 2.44 bits per heavy atom. The van der Waals surface area contributed by atoms with E-state index in [1.54, 1.807) is 11.1 Å². The fraction of sp³-hybridized carbons (Fsp3) is 0.667. The third kappa shape index (κ3) is 5.25. The maximum atomic E-state index is 2.39. The van der Waals surface area contributed by atoms with E-state index in [2.05, 4.69) is 45.9 Å². The summed E-state index contributed by atoms with van der Waals surface area (Å²) in [5.41, 5.74) is 4.74. The molecule has 0 radical (unpaired) electrons. The van der Waals surface area contributed by atoms with Gasteiger partial charge in [-0.25, -0.2) is 0 Å². The maximum absolute atomic E-state index is 2.39. The van der Waals surface area contributed by atoms with E-state index in [0.29, 0.717) is 0 Å². The summed E-state index contributed by atoms with van der Waals surface area (Å²) in [7, 11) is 0. The lowest BCUT2D eigenvalue weighted by atomic mass is 9.98. The first-order valence-corrected chi connectivity index (χ1v) is 7.77. The van der Waals surface area contributed by atoms with Gasteiger partial charge in [0.05, 0.1) is 0 Å². The molecule has 0 aromatic carbocycles. The molecule has 1 atom stereocenters. The predicted octanol–water partition coefficient (Wildman–Crippen LogP) is 6.21. The van der Waals surface area contributed by atoms with Gasteiger partial charge >= 0.3 is 0 Å². The average Bonchev–Trinajstić information content (AvgIpc) is 3.18. The molecule has 0 amide bonds. The molecule has 0 heterocycles. The zero-order valence-corrected chi connectivity index (χ0v) is 12.8. The summed E-state index contributed by atoms with van der Waals surface area (Å²) >= 11 is 0. The number of allylic oxidation sites excluding steroid dienone is 6. The van der Waals surface area contributed by atoms with Crippen LogP contribution in [0.4, 0.5) is 0 Å². The third-order valence-corrected chi connectivity index (χ3v) is 3.85. The van der Waals surface area contributed by atoms with Gasteiger partial charge in [-0.15, -0.1) is 0 Å². The minimum Gasteiger partial charge on any atom is -0.0839 e. The van der Waals surface area contributed by atoms with Crippen LogP contribution in [0.25, 0.3) is 0 Å². The van der Waals surface area contributed by atoms with E-state index in [1.165, 1.54) is 44.1 Å². The first-order chi connectivity index (χ1) is 8.72. The molecule has 0 N–H and O–H groups in total. The summed E-state index contributed by atoms with van der Waals surface area (Å²) in [5, 5.41) is 0. The highest BCUT2D eigenvalue weighted by atomic mass is 14.2. The number of hydrogen-bond acceptors (Lipinski definition) is 0. The summed E-state index contributed by atoms with van der Waals surface area (Å²) in [6, 6.07) is 0. The lowest BCUT2D eigenvalue weighted by Gasteiger charge is -2.08. The Labute approximate surface area is 114 Å². The van der Waals surface area contributed by atoms with E-state index >= 15 is 0 Å². The van der Waals surface area contributed by atoms with Crippen LogP contribution in [0.5, 0.6) is 0 Å². The summed E-state index contributed by atoms with van der Waals surface area (Å²) < 4.78 is 0. The Balaban J connectivity index is 2.46. The summed E-state index contributed by atoms with van der Waals surface area (Å²) in [6.07, 6.45) is 16.1. The van der Waals surface area contributed by atoms with Gasteiger partial charge < -0.3 is 0 Å². The van der Waals surface area contributed by atoms with Gasteiger partial charge in [-0.1, -0.05) is 57.4 Å². The predicted molar refractivity (Wildman–Crippen MR) is 82.8 cm³/mol. The Kier molecular flexibility index (Phi) is 7.08. The smallest absolute Gasteiger partial charge is 0.0239 e. The Bertz CT molecular complexity index is 322. The van der Waals surface area contributed by atoms with Crippen molar-refractivity contribution in [3.63, 3.8) is 0 Å². The van der Waals surface area contributed by atoms with Crippen molar-refractivity contribution in [2.45, 2.75) is 72.6 Å². The van der Waals surface area contributed by atoms with Crippen molar-refractivity contribution >= 4 is 0 Å². The fourth-order valence-electron chi connectivity index (χ4n) is 2.55. The summed E-state index contributed by atoms with van der Waals surface area (Å²) in [5.74, 6) is 0.879. The largest absolute Gasteiger partial charge is 0.0839 e. The molecule has 0 spiro atoms. The highest BCUT2D eigenvalue weighted by Gasteiger charge is 2.17. The fourth-order valence-corrected chi connectivity index (χ4v) is 2.55. The molecule has 1 fully saturated rings. The second-order valence-electron chi connectivity index (χ2n) is 5.56. The minimum absolute atomic E-state index is 0.879. The molecule has 0 heteroatoms. The van der Waals surface area contributed by atoms with Gasteiger partial charge in [0.25, 0.3) is 0 Å². The van der Waals surface area contributed by atoms with Crippen LogP contribution in [0.1, 0.15) is 72.6 Å². The van der Waals surface area contributed by atoms with Crippen molar-refractivity contribution < 1.29 is 0 Å². The van der Waals surface area contributed by atoms with Crippen molar-refractivity contribution in [1.82, 2.24) is 0 Å². The topological polar surface area (TPSA) is 0 Å². The summed E-state index contributed by atoms with van der Waals surface area (Å²) in [6.45, 7) is 9.08. The molecule has 0 nitrogen and oxygen atoms in total. The first kappa shape index (κ1) is 15.3. The van der Waals surface area contributed by atoms with Crippen molar-refractivity contribution in [3.8, 4) is 0 Å². The second kappa shape index (κ2) is 8.34. The average molecular weight is 246 g/mol. The van der Waals surface area contributed by atoms with E-state index in [9.17, 15) is 0 Å². The molecule has 1 unspecified atom stereocenters. The van der Waals surface area contributed by atoms with Gasteiger partial charge in [-0.05, 0) is 56.1 Å². The van der Waals surface area contributed by atoms with Gasteiger partial charge in [-0.2, -0.15) is 0 Å². The van der Waals surface area contributed by atoms with Gasteiger partial charge in [0.2, 0.25) is 0 Å². The molecule has 1 rings (SSSR count). The van der Waals surface area contributed by atoms with Gasteiger partial charge in [0, 0.05) is 0 Å². The van der Waals surface area contributed by atoms with Crippen molar-refractivity contribution in [2.75, 3.05) is 0 Å². The van der Waals surface area contributed by atoms with Crippen LogP contribution in [-0.2, 0) is 0 Å². The monoisotopic (exact) mass is 246 g/mol. The van der Waals surface area contributed by atoms with Crippen molar-refractivity contribution in [1.29, 1.82) is 0 Å². The molecule has 1 saturated carbocycles. The highest BCUT2D eigenvalue weighted by molar-refractivity contribution is 5.47. The van der Waals surface area contributed by atoms with E-state index in [4.69, 9.17) is 0 Å². The molecule has 18 heavy (non-hydrogen) atoms. The van der Waals surface area contributed by atoms with Crippen LogP contribution in [0.3, 0.4) is 0 Å². The lowest BCUT2D eigenvalue weighted by Crippen LogP contribution is -1.92. The van der Waals surface area contributed by atoms with Crippen LogP contribution in [0.2, 0.25) is 0 Å². The SMILES string of the molecule is CC=C(CC)C(C=CCCC(C)CCC)=C1CC1. The van der Waals surface area contributed by atoms with Gasteiger partial charge in [-0.3, -0.25) is 0 Å². The molecule has 0 bridgehead atoms. The molecule has 0 aliphatic heterocycles. The van der Waals surface area contributed by atoms with Crippen molar-refractivity contribution in [3.05, 3.63) is 34.9 Å². The van der Waals surface area contributed by atoms with Gasteiger partial charge in [0.15, 0.2) is 0 Å². The quantitative estimate of drug-likeness (QED) is 0.478. The lowest BCUT2D eigenvalue weighted by molar-refractivity contribution is 0.490. The molecule has 102 valence electrons. The molecular formula is C18H30. The molecular weight excluding hydrogens is 216 g/mol. The molecule has 1 aliphatic carbocycles. The molecule has 0 aromatic heterocycles. The standard InChI is InChI=1S/C18H30/c1-5-10-15(4)11-8-9-12-18(17-13-14-17)16(6-2)7-3/h6,9,12,15H,5,7-8,10-11,13-14H2,1-4H3. The Hall–Kier alpha value is -0.780. The number of hydrogen-bond donors (Lipinski definition) is 0. The normalized spacial score (nSPS) is 17.3. The van der Waals surface area contributed by atoms with Crippen molar-refractivity contribution in [2.24, 2.45) is 5.92 Å². The molecule has 1 aliphatic rings. The molecule has 0 aromatic rings.